The highest BCUT2D eigenvalue weighted by Gasteiger charge is 2.36. The average molecular weight is 964 g/mol. The highest BCUT2D eigenvalue weighted by Crippen LogP contribution is 2.46. The van der Waals surface area contributed by atoms with E-state index in [0.29, 0.717) is 29.1 Å². The number of anilines is 5. The van der Waals surface area contributed by atoms with Gasteiger partial charge in [-0.15, -0.1) is 22.7 Å². The Morgan fingerprint density at radius 2 is 1.20 bits per heavy atom. The van der Waals surface area contributed by atoms with E-state index in [9.17, 15) is 24.4 Å². The second-order valence-electron chi connectivity index (χ2n) is 18.2. The lowest BCUT2D eigenvalue weighted by Crippen LogP contribution is -2.45. The standard InChI is InChI=1S/C58H69N5O4S2/c1-8-12-15-17-20-44-34-51(36-52-39(5)53(37-59)58(67)62(57(52)66)38-42(11-4)19-14-10-3)68-56(44)54-35-45(21-18-16-13-9-2)55(69-54)43-22-28-48(29-23-43)63(49-30-24-46(25-31-49)60-40(6)64)50-32-26-47(27-33-50)61-41(7)65/h22-36,42H,8-21,38H2,1-7H3,(H,60,64)(H,61,65)/b52-36-. The number of nitriles is 1. The number of thiophene rings is 2. The van der Waals surface area contributed by atoms with Crippen molar-refractivity contribution in [1.29, 1.82) is 5.26 Å². The van der Waals surface area contributed by atoms with Crippen LogP contribution in [0.2, 0.25) is 0 Å². The molecular weight excluding hydrogens is 895 g/mol. The summed E-state index contributed by atoms with van der Waals surface area (Å²) < 4.78 is 0. The molecule has 0 saturated carbocycles. The van der Waals surface area contributed by atoms with Crippen LogP contribution in [0, 0.1) is 17.2 Å². The van der Waals surface area contributed by atoms with E-state index in [2.05, 4.69) is 85.7 Å². The maximum Gasteiger partial charge on any atom is 0.271 e. The van der Waals surface area contributed by atoms with Crippen molar-refractivity contribution in [1.82, 2.24) is 4.90 Å². The van der Waals surface area contributed by atoms with Crippen molar-refractivity contribution >= 4 is 80.8 Å². The van der Waals surface area contributed by atoms with Crippen LogP contribution < -0.4 is 15.5 Å². The molecule has 3 heterocycles. The molecule has 362 valence electrons. The molecule has 0 fully saturated rings. The van der Waals surface area contributed by atoms with Gasteiger partial charge >= 0.3 is 0 Å². The normalized spacial score (nSPS) is 13.8. The molecule has 0 aliphatic carbocycles. The van der Waals surface area contributed by atoms with Gasteiger partial charge in [-0.05, 0) is 146 Å². The van der Waals surface area contributed by atoms with Crippen molar-refractivity contribution in [3.8, 4) is 26.3 Å². The van der Waals surface area contributed by atoms with E-state index in [1.165, 1.54) is 63.8 Å². The minimum Gasteiger partial charge on any atom is -0.326 e. The number of imide groups is 1. The van der Waals surface area contributed by atoms with Gasteiger partial charge < -0.3 is 15.5 Å². The predicted octanol–water partition coefficient (Wildman–Crippen LogP) is 15.6. The molecule has 9 nitrogen and oxygen atoms in total. The quantitative estimate of drug-likeness (QED) is 0.0361. The molecule has 0 bridgehead atoms. The summed E-state index contributed by atoms with van der Waals surface area (Å²) in [5.74, 6) is -0.878. The Morgan fingerprint density at radius 1 is 0.681 bits per heavy atom. The van der Waals surface area contributed by atoms with Crippen LogP contribution in [0.3, 0.4) is 0 Å². The molecule has 0 spiro atoms. The van der Waals surface area contributed by atoms with Gasteiger partial charge in [0.05, 0.1) is 0 Å². The fourth-order valence-corrected chi connectivity index (χ4v) is 11.5. The Balaban J connectivity index is 1.41. The van der Waals surface area contributed by atoms with Gasteiger partial charge in [-0.1, -0.05) is 97.6 Å². The minimum atomic E-state index is -0.483. The first kappa shape index (κ1) is 52.3. The molecule has 1 atom stereocenters. The highest BCUT2D eigenvalue weighted by molar-refractivity contribution is 7.24. The largest absolute Gasteiger partial charge is 0.326 e. The number of hydrogen-bond donors (Lipinski definition) is 2. The number of amides is 4. The molecule has 1 aliphatic rings. The maximum atomic E-state index is 14.3. The number of rotatable bonds is 24. The number of hydrogen-bond acceptors (Lipinski definition) is 8. The van der Waals surface area contributed by atoms with E-state index >= 15 is 0 Å². The maximum absolute atomic E-state index is 14.3. The molecule has 1 unspecified atom stereocenters. The van der Waals surface area contributed by atoms with Gasteiger partial charge in [0.1, 0.15) is 11.6 Å². The van der Waals surface area contributed by atoms with Crippen molar-refractivity contribution in [3.63, 3.8) is 0 Å². The van der Waals surface area contributed by atoms with E-state index < -0.39 is 5.91 Å². The van der Waals surface area contributed by atoms with Crippen LogP contribution in [-0.2, 0) is 32.0 Å². The Kier molecular flexibility index (Phi) is 19.3. The first-order valence-corrected chi connectivity index (χ1v) is 26.6. The summed E-state index contributed by atoms with van der Waals surface area (Å²) in [6.45, 7) is 13.8. The van der Waals surface area contributed by atoms with Crippen LogP contribution in [0.15, 0.2) is 102 Å². The Hall–Kier alpha value is -6.09. The summed E-state index contributed by atoms with van der Waals surface area (Å²) in [5, 5.41) is 15.9. The lowest BCUT2D eigenvalue weighted by Gasteiger charge is -2.30. The first-order chi connectivity index (χ1) is 33.4. The molecule has 0 saturated heterocycles. The van der Waals surface area contributed by atoms with E-state index in [1.807, 2.05) is 65.9 Å². The summed E-state index contributed by atoms with van der Waals surface area (Å²) in [5.41, 5.74) is 8.85. The second-order valence-corrected chi connectivity index (χ2v) is 20.4. The molecule has 4 amide bonds. The van der Waals surface area contributed by atoms with E-state index in [1.54, 1.807) is 18.3 Å². The fraction of sp³-hybridized carbons (Fsp3) is 0.397. The number of aryl methyl sites for hydroxylation is 2. The van der Waals surface area contributed by atoms with E-state index in [0.717, 1.165) is 98.1 Å². The van der Waals surface area contributed by atoms with Crippen molar-refractivity contribution < 1.29 is 19.2 Å². The third-order valence-electron chi connectivity index (χ3n) is 12.8. The molecule has 69 heavy (non-hydrogen) atoms. The molecule has 2 aromatic heterocycles. The van der Waals surface area contributed by atoms with Crippen molar-refractivity contribution in [2.75, 3.05) is 22.1 Å². The summed E-state index contributed by atoms with van der Waals surface area (Å²) in [7, 11) is 0. The number of nitrogens with one attached hydrogen (secondary N) is 2. The van der Waals surface area contributed by atoms with Gasteiger partial charge in [-0.3, -0.25) is 24.1 Å². The smallest absolute Gasteiger partial charge is 0.271 e. The predicted molar refractivity (Wildman–Crippen MR) is 288 cm³/mol. The average Bonchev–Trinajstić information content (AvgIpc) is 3.95. The molecular formula is C58H69N5O4S2. The van der Waals surface area contributed by atoms with Crippen molar-refractivity contribution in [2.45, 2.75) is 138 Å². The number of unbranched alkanes of at least 4 members (excludes halogenated alkanes) is 7. The zero-order chi connectivity index (χ0) is 49.5. The fourth-order valence-electron chi connectivity index (χ4n) is 8.99. The summed E-state index contributed by atoms with van der Waals surface area (Å²) in [6, 6.07) is 31.0. The van der Waals surface area contributed by atoms with Crippen LogP contribution in [0.1, 0.15) is 142 Å². The minimum absolute atomic E-state index is 0.0484. The first-order valence-electron chi connectivity index (χ1n) is 25.0. The van der Waals surface area contributed by atoms with Gasteiger partial charge in [0.25, 0.3) is 11.8 Å². The number of carbonyl (C=O) groups excluding carboxylic acids is 4. The topological polar surface area (TPSA) is 123 Å². The molecule has 0 radical (unpaired) electrons. The molecule has 11 heteroatoms. The monoisotopic (exact) mass is 963 g/mol. The number of carbonyl (C=O) groups is 4. The molecule has 3 aromatic carbocycles. The summed E-state index contributed by atoms with van der Waals surface area (Å²) >= 11 is 3.52. The van der Waals surface area contributed by atoms with Crippen LogP contribution in [-0.4, -0.2) is 35.1 Å². The summed E-state index contributed by atoms with van der Waals surface area (Å²) in [6.07, 6.45) is 16.8. The molecule has 2 N–H and O–H groups in total. The summed E-state index contributed by atoms with van der Waals surface area (Å²) in [4.78, 5) is 59.6. The Labute approximate surface area is 418 Å². The SMILES string of the molecule is CCCCCCc1cc(-c2sc(/C=C3\C(=O)N(CC(CC)CCCC)C(=O)C(C#N)=C3C)cc2CCCCCC)sc1-c1ccc(N(c2ccc(NC(C)=O)cc2)c2ccc(NC(C)=O)cc2)cc1. The molecule has 1 aliphatic heterocycles. The van der Waals surface area contributed by atoms with Gasteiger partial charge in [-0.2, -0.15) is 5.26 Å². The van der Waals surface area contributed by atoms with E-state index in [4.69, 9.17) is 0 Å². The second kappa shape index (κ2) is 25.5. The Morgan fingerprint density at radius 3 is 1.70 bits per heavy atom. The van der Waals surface area contributed by atoms with Crippen LogP contribution in [0.25, 0.3) is 26.3 Å². The van der Waals surface area contributed by atoms with Crippen LogP contribution in [0.5, 0.6) is 0 Å². The zero-order valence-electron chi connectivity index (χ0n) is 41.6. The molecule has 5 aromatic rings. The third-order valence-corrected chi connectivity index (χ3v) is 15.4. The molecule has 6 rings (SSSR count). The lowest BCUT2D eigenvalue weighted by atomic mass is 9.92. The van der Waals surface area contributed by atoms with Crippen LogP contribution in [0.4, 0.5) is 28.4 Å². The van der Waals surface area contributed by atoms with Gasteiger partial charge in [0, 0.05) is 73.9 Å². The zero-order valence-corrected chi connectivity index (χ0v) is 43.3. The number of benzene rings is 3. The van der Waals surface area contributed by atoms with Gasteiger partial charge in [-0.25, -0.2) is 0 Å². The number of nitrogens with zero attached hydrogens (tertiary/aromatic N) is 3. The van der Waals surface area contributed by atoms with Gasteiger partial charge in [0.2, 0.25) is 11.8 Å². The van der Waals surface area contributed by atoms with Crippen molar-refractivity contribution in [3.05, 3.63) is 118 Å². The van der Waals surface area contributed by atoms with Gasteiger partial charge in [0.15, 0.2) is 0 Å². The highest BCUT2D eigenvalue weighted by atomic mass is 32.1. The van der Waals surface area contributed by atoms with Crippen LogP contribution >= 0.6 is 22.7 Å². The lowest BCUT2D eigenvalue weighted by molar-refractivity contribution is -0.141. The third kappa shape index (κ3) is 13.6. The Bertz CT molecular complexity index is 2610. The van der Waals surface area contributed by atoms with Crippen molar-refractivity contribution in [2.24, 2.45) is 5.92 Å². The van der Waals surface area contributed by atoms with E-state index in [-0.39, 0.29) is 29.2 Å².